The zero-order chi connectivity index (χ0) is 5.98. The number of benzene rings is 1. The van der Waals surface area contributed by atoms with E-state index in [-0.39, 0.29) is 57.1 Å². The zero-order valence-electron chi connectivity index (χ0n) is 5.13. The topological polar surface area (TPSA) is 20.2 Å². The van der Waals surface area contributed by atoms with E-state index in [9.17, 15) is 0 Å². The largest absolute Gasteiger partial charge is 0.506 e. The van der Waals surface area contributed by atoms with Crippen LogP contribution < -0.4 is 0 Å². The standard InChI is InChI=1S/C6H5ClO.K/c7-5-3-1-2-4-6(5)8;/h1-4,8H;. The minimum absolute atomic E-state index is 0. The van der Waals surface area contributed by atoms with Crippen molar-refractivity contribution in [2.45, 2.75) is 0 Å². The Labute approximate surface area is 101 Å². The average molecular weight is 168 g/mol. The van der Waals surface area contributed by atoms with Crippen molar-refractivity contribution in [1.29, 1.82) is 0 Å². The molecule has 1 rings (SSSR count). The van der Waals surface area contributed by atoms with Gasteiger partial charge in [-0.3, -0.25) is 0 Å². The summed E-state index contributed by atoms with van der Waals surface area (Å²) in [6, 6.07) is 6.67. The summed E-state index contributed by atoms with van der Waals surface area (Å²) >= 11 is 5.46. The van der Waals surface area contributed by atoms with Crippen molar-refractivity contribution in [3.05, 3.63) is 29.3 Å². The molecule has 0 heterocycles. The third-order valence-corrected chi connectivity index (χ3v) is 1.17. The second kappa shape index (κ2) is 4.71. The molecular weight excluding hydrogens is 163 g/mol. The molecule has 0 amide bonds. The van der Waals surface area contributed by atoms with E-state index >= 15 is 0 Å². The van der Waals surface area contributed by atoms with E-state index in [0.717, 1.165) is 0 Å². The number of phenolic OH excluding ortho intramolecular Hbond substituents is 1. The molecule has 0 aliphatic carbocycles. The van der Waals surface area contributed by atoms with E-state index in [1.807, 2.05) is 0 Å². The maximum Gasteiger partial charge on any atom is 0.134 e. The van der Waals surface area contributed by atoms with Gasteiger partial charge in [0, 0.05) is 51.4 Å². The maximum atomic E-state index is 8.79. The van der Waals surface area contributed by atoms with Crippen LogP contribution in [0.25, 0.3) is 0 Å². The van der Waals surface area contributed by atoms with E-state index in [0.29, 0.717) is 5.02 Å². The molecular formula is C6H5ClKO. The number of hydrogen-bond acceptors (Lipinski definition) is 1. The van der Waals surface area contributed by atoms with Gasteiger partial charge >= 0.3 is 0 Å². The van der Waals surface area contributed by atoms with Gasteiger partial charge in [-0.2, -0.15) is 0 Å². The van der Waals surface area contributed by atoms with Gasteiger partial charge in [-0.05, 0) is 12.1 Å². The van der Waals surface area contributed by atoms with E-state index in [1.165, 1.54) is 0 Å². The van der Waals surface area contributed by atoms with E-state index in [2.05, 4.69) is 0 Å². The van der Waals surface area contributed by atoms with Crippen molar-refractivity contribution in [2.24, 2.45) is 0 Å². The predicted molar refractivity (Wildman–Crippen MR) is 38.9 cm³/mol. The molecule has 0 aliphatic heterocycles. The molecule has 0 unspecified atom stereocenters. The molecule has 0 atom stereocenters. The van der Waals surface area contributed by atoms with Crippen LogP contribution in [-0.2, 0) is 0 Å². The van der Waals surface area contributed by atoms with Crippen LogP contribution in [0.15, 0.2) is 24.3 Å². The Morgan fingerprint density at radius 1 is 1.22 bits per heavy atom. The smallest absolute Gasteiger partial charge is 0.134 e. The molecule has 1 nitrogen and oxygen atoms in total. The summed E-state index contributed by atoms with van der Waals surface area (Å²) < 4.78 is 0. The Morgan fingerprint density at radius 2 is 1.78 bits per heavy atom. The monoisotopic (exact) mass is 167 g/mol. The van der Waals surface area contributed by atoms with Gasteiger partial charge in [0.15, 0.2) is 0 Å². The number of para-hydroxylation sites is 1. The Hall–Kier alpha value is 0.946. The molecule has 0 spiro atoms. The van der Waals surface area contributed by atoms with Gasteiger partial charge in [-0.1, -0.05) is 23.7 Å². The second-order valence-electron chi connectivity index (χ2n) is 1.45. The fourth-order valence-corrected chi connectivity index (χ4v) is 0.587. The average Bonchev–Trinajstić information content (AvgIpc) is 1.77. The first-order chi connectivity index (χ1) is 3.80. The van der Waals surface area contributed by atoms with Crippen LogP contribution >= 0.6 is 11.6 Å². The fraction of sp³-hybridized carbons (Fsp3) is 0. The summed E-state index contributed by atoms with van der Waals surface area (Å²) in [5.41, 5.74) is 0. The maximum absolute atomic E-state index is 8.79. The molecule has 0 saturated carbocycles. The minimum Gasteiger partial charge on any atom is -0.506 e. The molecule has 1 aromatic carbocycles. The Morgan fingerprint density at radius 3 is 2.11 bits per heavy atom. The van der Waals surface area contributed by atoms with Gasteiger partial charge in [-0.15, -0.1) is 0 Å². The van der Waals surface area contributed by atoms with Gasteiger partial charge in [0.25, 0.3) is 0 Å². The first-order valence-corrected chi connectivity index (χ1v) is 2.62. The Bertz CT molecular complexity index is 169. The molecule has 0 saturated heterocycles. The van der Waals surface area contributed by atoms with Crippen LogP contribution in [0.2, 0.25) is 5.02 Å². The van der Waals surface area contributed by atoms with Crippen molar-refractivity contribution in [3.8, 4) is 5.75 Å². The van der Waals surface area contributed by atoms with E-state index < -0.39 is 0 Å². The van der Waals surface area contributed by atoms with Crippen LogP contribution in [-0.4, -0.2) is 56.5 Å². The Balaban J connectivity index is 0.000000640. The fourth-order valence-electron chi connectivity index (χ4n) is 0.452. The Kier molecular flexibility index (Phi) is 5.21. The SMILES string of the molecule is Oc1ccccc1Cl.[K]. The number of rotatable bonds is 0. The molecule has 1 radical (unpaired) electrons. The molecule has 0 aromatic heterocycles. The predicted octanol–water partition coefficient (Wildman–Crippen LogP) is 1.66. The number of aromatic hydroxyl groups is 1. The first kappa shape index (κ1) is 9.95. The molecule has 3 heteroatoms. The third kappa shape index (κ3) is 3.02. The van der Waals surface area contributed by atoms with Crippen LogP contribution in [0, 0.1) is 0 Å². The number of halogens is 1. The van der Waals surface area contributed by atoms with Crippen LogP contribution in [0.5, 0.6) is 5.75 Å². The van der Waals surface area contributed by atoms with Gasteiger partial charge in [0.2, 0.25) is 0 Å². The quantitative estimate of drug-likeness (QED) is 0.583. The van der Waals surface area contributed by atoms with Crippen molar-refractivity contribution in [2.75, 3.05) is 0 Å². The molecule has 43 valence electrons. The summed E-state index contributed by atoms with van der Waals surface area (Å²) in [5, 5.41) is 9.18. The molecule has 0 fully saturated rings. The van der Waals surface area contributed by atoms with Crippen LogP contribution in [0.1, 0.15) is 0 Å². The van der Waals surface area contributed by atoms with Gasteiger partial charge in [0.1, 0.15) is 5.75 Å². The molecule has 9 heavy (non-hydrogen) atoms. The van der Waals surface area contributed by atoms with Gasteiger partial charge in [-0.25, -0.2) is 0 Å². The normalized spacial score (nSPS) is 8.11. The van der Waals surface area contributed by atoms with Crippen LogP contribution in [0.3, 0.4) is 0 Å². The van der Waals surface area contributed by atoms with Crippen molar-refractivity contribution in [1.82, 2.24) is 0 Å². The summed E-state index contributed by atoms with van der Waals surface area (Å²) in [5.74, 6) is 0.133. The zero-order valence-corrected chi connectivity index (χ0v) is 9.01. The molecule has 1 aromatic rings. The summed E-state index contributed by atoms with van der Waals surface area (Å²) in [7, 11) is 0. The summed E-state index contributed by atoms with van der Waals surface area (Å²) in [4.78, 5) is 0. The second-order valence-corrected chi connectivity index (χ2v) is 1.86. The van der Waals surface area contributed by atoms with E-state index in [4.69, 9.17) is 16.7 Å². The number of phenols is 1. The van der Waals surface area contributed by atoms with Crippen molar-refractivity contribution in [3.63, 3.8) is 0 Å². The van der Waals surface area contributed by atoms with Crippen LogP contribution in [0.4, 0.5) is 0 Å². The minimum atomic E-state index is 0. The molecule has 0 bridgehead atoms. The summed E-state index contributed by atoms with van der Waals surface area (Å²) in [6.07, 6.45) is 0. The third-order valence-electron chi connectivity index (χ3n) is 0.852. The van der Waals surface area contributed by atoms with Gasteiger partial charge < -0.3 is 5.11 Å². The van der Waals surface area contributed by atoms with Gasteiger partial charge in [0.05, 0.1) is 5.02 Å². The molecule has 0 aliphatic rings. The number of hydrogen-bond donors (Lipinski definition) is 1. The molecule has 1 N–H and O–H groups in total. The van der Waals surface area contributed by atoms with Crippen molar-refractivity contribution >= 4 is 63.0 Å². The summed E-state index contributed by atoms with van der Waals surface area (Å²) in [6.45, 7) is 0. The van der Waals surface area contributed by atoms with E-state index in [1.54, 1.807) is 24.3 Å². The van der Waals surface area contributed by atoms with Crippen molar-refractivity contribution < 1.29 is 5.11 Å². The first-order valence-electron chi connectivity index (χ1n) is 2.24.